The second kappa shape index (κ2) is 12.7. The highest BCUT2D eigenvalue weighted by Crippen LogP contribution is 2.39. The van der Waals surface area contributed by atoms with Gasteiger partial charge in [-0.3, -0.25) is 19.5 Å². The highest BCUT2D eigenvalue weighted by Gasteiger charge is 2.42. The van der Waals surface area contributed by atoms with Crippen molar-refractivity contribution in [2.45, 2.75) is 18.9 Å². The number of nitrogens with one attached hydrogen (secondary N) is 2. The molecule has 4 aromatic rings. The molecule has 3 amide bonds. The van der Waals surface area contributed by atoms with E-state index in [1.54, 1.807) is 11.9 Å². The molecule has 0 radical (unpaired) electrons. The van der Waals surface area contributed by atoms with Crippen molar-refractivity contribution in [2.75, 3.05) is 37.8 Å². The number of aromatic nitrogens is 2. The highest BCUT2D eigenvalue weighted by molar-refractivity contribution is 6.04. The molecule has 3 heterocycles. The molecular formula is C33H31F3N6O4. The van der Waals surface area contributed by atoms with Gasteiger partial charge in [0.05, 0.1) is 5.69 Å². The van der Waals surface area contributed by atoms with E-state index in [-0.39, 0.29) is 29.2 Å². The van der Waals surface area contributed by atoms with E-state index in [2.05, 4.69) is 27.6 Å². The summed E-state index contributed by atoms with van der Waals surface area (Å²) in [4.78, 5) is 46.9. The average molecular weight is 633 g/mol. The summed E-state index contributed by atoms with van der Waals surface area (Å²) in [6.07, 6.45) is 4.64. The van der Waals surface area contributed by atoms with Crippen molar-refractivity contribution in [1.29, 1.82) is 0 Å². The standard InChI is InChI=1S/C33H31F3N6O4/c1-40-17-19-12-23(13-20(19)18-40)41(2)33(45)39-30-14-24(9-10-37-30)46-29-16-26(35)28(15-27(29)36)38-31(43)25-4-3-11-42(32(25)44)22-7-5-21(34)6-8-22/h3-11,14-16,19-20,23H,12-13,17-18H2,1-2H3,(H,38,43)(H,37,39,45)/t19-,20+,23?. The molecule has 0 bridgehead atoms. The monoisotopic (exact) mass is 632 g/mol. The Hall–Kier alpha value is -5.17. The second-order valence-corrected chi connectivity index (χ2v) is 11.7. The fourth-order valence-corrected chi connectivity index (χ4v) is 6.22. The van der Waals surface area contributed by atoms with Gasteiger partial charge in [-0.2, -0.15) is 0 Å². The topological polar surface area (TPSA) is 109 Å². The van der Waals surface area contributed by atoms with E-state index in [0.29, 0.717) is 17.5 Å². The van der Waals surface area contributed by atoms with Crippen LogP contribution < -0.4 is 20.9 Å². The van der Waals surface area contributed by atoms with E-state index in [4.69, 9.17) is 4.74 Å². The van der Waals surface area contributed by atoms with Crippen LogP contribution in [0.5, 0.6) is 11.5 Å². The van der Waals surface area contributed by atoms with Crippen molar-refractivity contribution < 1.29 is 27.5 Å². The zero-order valence-corrected chi connectivity index (χ0v) is 25.0. The van der Waals surface area contributed by atoms with Crippen molar-refractivity contribution in [2.24, 2.45) is 11.8 Å². The summed E-state index contributed by atoms with van der Waals surface area (Å²) in [6, 6.07) is 11.8. The first-order valence-electron chi connectivity index (χ1n) is 14.7. The normalized spacial score (nSPS) is 19.0. The number of carbonyl (C=O) groups is 2. The molecule has 1 aliphatic heterocycles. The van der Waals surface area contributed by atoms with Gasteiger partial charge in [0, 0.05) is 62.5 Å². The Morgan fingerprint density at radius 2 is 1.67 bits per heavy atom. The maximum Gasteiger partial charge on any atom is 0.323 e. The summed E-state index contributed by atoms with van der Waals surface area (Å²) in [5.41, 5.74) is -1.28. The highest BCUT2D eigenvalue weighted by atomic mass is 19.1. The number of amides is 3. The molecule has 3 atom stereocenters. The third-order valence-electron chi connectivity index (χ3n) is 8.54. The Bertz CT molecular complexity index is 1840. The quantitative estimate of drug-likeness (QED) is 0.279. The first-order chi connectivity index (χ1) is 22.0. The molecule has 13 heteroatoms. The Morgan fingerprint density at radius 3 is 2.39 bits per heavy atom. The predicted molar refractivity (Wildman–Crippen MR) is 165 cm³/mol. The Kier molecular flexibility index (Phi) is 8.50. The Balaban J connectivity index is 1.11. The third-order valence-corrected chi connectivity index (χ3v) is 8.54. The first-order valence-corrected chi connectivity index (χ1v) is 14.7. The van der Waals surface area contributed by atoms with Crippen molar-refractivity contribution in [1.82, 2.24) is 19.4 Å². The zero-order valence-electron chi connectivity index (χ0n) is 25.0. The number of nitrogens with zero attached hydrogens (tertiary/aromatic N) is 4. The molecule has 1 aliphatic carbocycles. The van der Waals surface area contributed by atoms with Crippen LogP contribution in [-0.4, -0.2) is 64.5 Å². The molecule has 1 saturated carbocycles. The number of anilines is 2. The van der Waals surface area contributed by atoms with E-state index in [1.165, 1.54) is 48.8 Å². The summed E-state index contributed by atoms with van der Waals surface area (Å²) in [7, 11) is 3.86. The number of benzene rings is 2. The number of ether oxygens (including phenoxy) is 1. The molecule has 0 spiro atoms. The lowest BCUT2D eigenvalue weighted by atomic mass is 10.0. The van der Waals surface area contributed by atoms with Crippen LogP contribution in [0, 0.1) is 29.3 Å². The fraction of sp³-hybridized carbons (Fsp3) is 0.273. The number of rotatable bonds is 7. The Morgan fingerprint density at radius 1 is 0.957 bits per heavy atom. The lowest BCUT2D eigenvalue weighted by Gasteiger charge is -2.26. The molecule has 2 fully saturated rings. The predicted octanol–water partition coefficient (Wildman–Crippen LogP) is 5.50. The van der Waals surface area contributed by atoms with Gasteiger partial charge in [0.2, 0.25) is 0 Å². The first kappa shape index (κ1) is 30.8. The minimum absolute atomic E-state index is 0.0899. The lowest BCUT2D eigenvalue weighted by Crippen LogP contribution is -2.39. The van der Waals surface area contributed by atoms with Crippen LogP contribution in [0.15, 0.2) is 77.9 Å². The Labute approximate surface area is 262 Å². The summed E-state index contributed by atoms with van der Waals surface area (Å²) < 4.78 is 50.1. The number of carbonyl (C=O) groups excluding carboxylic acids is 2. The van der Waals surface area contributed by atoms with Crippen molar-refractivity contribution in [3.8, 4) is 17.2 Å². The molecule has 2 aliphatic rings. The van der Waals surface area contributed by atoms with Crippen LogP contribution in [0.4, 0.5) is 29.5 Å². The number of halogens is 3. The molecule has 2 aromatic carbocycles. The van der Waals surface area contributed by atoms with Crippen LogP contribution in [0.2, 0.25) is 0 Å². The second-order valence-electron chi connectivity index (χ2n) is 11.7. The fourth-order valence-electron chi connectivity index (χ4n) is 6.22. The van der Waals surface area contributed by atoms with E-state index < -0.39 is 40.4 Å². The van der Waals surface area contributed by atoms with Gasteiger partial charge in [0.15, 0.2) is 17.4 Å². The molecule has 2 N–H and O–H groups in total. The van der Waals surface area contributed by atoms with Gasteiger partial charge in [-0.05, 0) is 74.2 Å². The van der Waals surface area contributed by atoms with Gasteiger partial charge >= 0.3 is 6.03 Å². The van der Waals surface area contributed by atoms with E-state index >= 15 is 8.78 Å². The maximum atomic E-state index is 15.0. The van der Waals surface area contributed by atoms with Gasteiger partial charge in [0.1, 0.15) is 22.9 Å². The van der Waals surface area contributed by atoms with Crippen molar-refractivity contribution >= 4 is 23.4 Å². The molecule has 10 nitrogen and oxygen atoms in total. The summed E-state index contributed by atoms with van der Waals surface area (Å²) >= 11 is 0. The van der Waals surface area contributed by atoms with Crippen LogP contribution in [0.25, 0.3) is 5.69 Å². The van der Waals surface area contributed by atoms with Crippen LogP contribution >= 0.6 is 0 Å². The van der Waals surface area contributed by atoms with Crippen molar-refractivity contribution in [3.63, 3.8) is 0 Å². The summed E-state index contributed by atoms with van der Waals surface area (Å²) in [5, 5.41) is 4.96. The molecule has 46 heavy (non-hydrogen) atoms. The molecule has 1 saturated heterocycles. The van der Waals surface area contributed by atoms with Crippen LogP contribution in [-0.2, 0) is 0 Å². The number of urea groups is 1. The van der Waals surface area contributed by atoms with E-state index in [0.717, 1.165) is 54.8 Å². The largest absolute Gasteiger partial charge is 0.454 e. The molecular weight excluding hydrogens is 601 g/mol. The number of likely N-dealkylation sites (tertiary alicyclic amines) is 1. The van der Waals surface area contributed by atoms with E-state index in [9.17, 15) is 18.8 Å². The molecule has 2 aromatic heterocycles. The van der Waals surface area contributed by atoms with Gasteiger partial charge in [0.25, 0.3) is 11.5 Å². The SMILES string of the molecule is CN1C[C@H]2CC(N(C)C(=O)Nc3cc(Oc4cc(F)c(NC(=O)c5cccn(-c6ccc(F)cc6)c5=O)cc4F)ccn3)C[C@H]2C1. The van der Waals surface area contributed by atoms with Crippen LogP contribution in [0.3, 0.4) is 0 Å². The minimum atomic E-state index is -1.02. The smallest absolute Gasteiger partial charge is 0.323 e. The van der Waals surface area contributed by atoms with E-state index in [1.807, 2.05) is 0 Å². The average Bonchev–Trinajstić information content (AvgIpc) is 3.57. The number of hydrogen-bond acceptors (Lipinski definition) is 6. The lowest BCUT2D eigenvalue weighted by molar-refractivity contribution is 0.102. The maximum absolute atomic E-state index is 15.0. The summed E-state index contributed by atoms with van der Waals surface area (Å²) in [5.74, 6) is -2.53. The number of pyridine rings is 2. The van der Waals surface area contributed by atoms with Gasteiger partial charge in [-0.15, -0.1) is 0 Å². The summed E-state index contributed by atoms with van der Waals surface area (Å²) in [6.45, 7) is 2.07. The zero-order chi connectivity index (χ0) is 32.5. The molecule has 1 unspecified atom stereocenters. The third kappa shape index (κ3) is 6.45. The van der Waals surface area contributed by atoms with Gasteiger partial charge in [-0.1, -0.05) is 0 Å². The van der Waals surface area contributed by atoms with Crippen molar-refractivity contribution in [3.05, 3.63) is 106 Å². The van der Waals surface area contributed by atoms with Crippen LogP contribution in [0.1, 0.15) is 23.2 Å². The minimum Gasteiger partial charge on any atom is -0.454 e. The van der Waals surface area contributed by atoms with Gasteiger partial charge in [-0.25, -0.2) is 22.9 Å². The van der Waals surface area contributed by atoms with Gasteiger partial charge < -0.3 is 19.9 Å². The molecule has 238 valence electrons. The number of hydrogen-bond donors (Lipinski definition) is 2. The number of fused-ring (bicyclic) bond motifs is 1. The molecule has 6 rings (SSSR count).